The number of likely N-dealkylation sites (tertiary alicyclic amines) is 1. The highest BCUT2D eigenvalue weighted by Gasteiger charge is 2.28. The quantitative estimate of drug-likeness (QED) is 0.850. The molecular formula is C13H12Cl2FN3O. The number of carbonyl (C=O) groups is 1. The summed E-state index contributed by atoms with van der Waals surface area (Å²) in [4.78, 5) is 16.9. The minimum absolute atomic E-state index is 0.0110. The molecule has 1 amide bonds. The van der Waals surface area contributed by atoms with Crippen LogP contribution in [0.25, 0.3) is 10.9 Å². The number of benzene rings is 1. The Bertz CT molecular complexity index is 700. The lowest BCUT2D eigenvalue weighted by Crippen LogP contribution is -2.32. The summed E-state index contributed by atoms with van der Waals surface area (Å²) >= 11 is 12.1. The zero-order valence-corrected chi connectivity index (χ0v) is 11.9. The van der Waals surface area contributed by atoms with Gasteiger partial charge in [0, 0.05) is 30.0 Å². The van der Waals surface area contributed by atoms with Crippen molar-refractivity contribution in [1.29, 1.82) is 0 Å². The van der Waals surface area contributed by atoms with Gasteiger partial charge in [-0.15, -0.1) is 0 Å². The van der Waals surface area contributed by atoms with Crippen molar-refractivity contribution >= 4 is 40.0 Å². The van der Waals surface area contributed by atoms with Crippen LogP contribution in [0.15, 0.2) is 12.1 Å². The molecule has 1 fully saturated rings. The Morgan fingerprint density at radius 3 is 2.80 bits per heavy atom. The van der Waals surface area contributed by atoms with Gasteiger partial charge in [-0.3, -0.25) is 4.79 Å². The maximum absolute atomic E-state index is 13.5. The molecule has 106 valence electrons. The highest BCUT2D eigenvalue weighted by atomic mass is 35.5. The zero-order valence-electron chi connectivity index (χ0n) is 10.4. The number of fused-ring (bicyclic) bond motifs is 1. The fraction of sp³-hybridized carbons (Fsp3) is 0.308. The molecule has 2 aromatic rings. The smallest absolute Gasteiger partial charge is 0.271 e. The molecule has 1 aliphatic heterocycles. The number of H-pyrrole nitrogens is 1. The van der Waals surface area contributed by atoms with Crippen molar-refractivity contribution in [3.05, 3.63) is 33.7 Å². The van der Waals surface area contributed by atoms with E-state index in [1.165, 1.54) is 12.1 Å². The summed E-state index contributed by atoms with van der Waals surface area (Å²) in [6, 6.07) is 2.73. The van der Waals surface area contributed by atoms with Gasteiger partial charge in [-0.1, -0.05) is 23.2 Å². The van der Waals surface area contributed by atoms with E-state index < -0.39 is 5.82 Å². The Morgan fingerprint density at radius 2 is 2.15 bits per heavy atom. The number of nitrogens with two attached hydrogens (primary N) is 1. The first kappa shape index (κ1) is 13.7. The van der Waals surface area contributed by atoms with Crippen molar-refractivity contribution < 1.29 is 9.18 Å². The maximum Gasteiger partial charge on any atom is 0.271 e. The minimum Gasteiger partial charge on any atom is -0.349 e. The second-order valence-electron chi connectivity index (χ2n) is 4.90. The summed E-state index contributed by atoms with van der Waals surface area (Å²) < 4.78 is 13.5. The number of aromatic amines is 1. The number of rotatable bonds is 1. The molecule has 0 spiro atoms. The van der Waals surface area contributed by atoms with Crippen molar-refractivity contribution in [2.24, 2.45) is 5.73 Å². The third-order valence-electron chi connectivity index (χ3n) is 3.52. The molecule has 1 aromatic carbocycles. The van der Waals surface area contributed by atoms with Gasteiger partial charge in [-0.05, 0) is 18.6 Å². The molecule has 3 N–H and O–H groups in total. The van der Waals surface area contributed by atoms with E-state index in [0.717, 1.165) is 6.42 Å². The van der Waals surface area contributed by atoms with Gasteiger partial charge >= 0.3 is 0 Å². The standard InChI is InChI=1S/C13H12Cl2FN3O/c14-10-7(16)1-2-8-9(10)11(15)12(18-8)13(20)19-4-3-6(17)5-19/h1-2,6,18H,3-5,17H2. The van der Waals surface area contributed by atoms with Crippen LogP contribution in [-0.2, 0) is 0 Å². The number of hydrogen-bond donors (Lipinski definition) is 2. The largest absolute Gasteiger partial charge is 0.349 e. The number of hydrogen-bond acceptors (Lipinski definition) is 2. The van der Waals surface area contributed by atoms with Crippen LogP contribution < -0.4 is 5.73 Å². The zero-order chi connectivity index (χ0) is 14.4. The van der Waals surface area contributed by atoms with Crippen molar-refractivity contribution in [3.8, 4) is 0 Å². The fourth-order valence-corrected chi connectivity index (χ4v) is 3.09. The van der Waals surface area contributed by atoms with E-state index in [2.05, 4.69) is 4.98 Å². The normalized spacial score (nSPS) is 19.0. The molecule has 2 heterocycles. The number of nitrogens with zero attached hydrogens (tertiary/aromatic N) is 1. The van der Waals surface area contributed by atoms with E-state index in [4.69, 9.17) is 28.9 Å². The van der Waals surface area contributed by atoms with Crippen LogP contribution in [0.5, 0.6) is 0 Å². The van der Waals surface area contributed by atoms with E-state index in [-0.39, 0.29) is 27.7 Å². The minimum atomic E-state index is -0.567. The van der Waals surface area contributed by atoms with Crippen molar-refractivity contribution in [2.45, 2.75) is 12.5 Å². The fourth-order valence-electron chi connectivity index (χ4n) is 2.46. The van der Waals surface area contributed by atoms with Crippen molar-refractivity contribution in [2.75, 3.05) is 13.1 Å². The maximum atomic E-state index is 13.5. The Morgan fingerprint density at radius 1 is 1.40 bits per heavy atom. The van der Waals surface area contributed by atoms with Crippen molar-refractivity contribution in [3.63, 3.8) is 0 Å². The first-order valence-corrected chi connectivity index (χ1v) is 6.94. The van der Waals surface area contributed by atoms with Gasteiger partial charge < -0.3 is 15.6 Å². The van der Waals surface area contributed by atoms with Gasteiger partial charge in [0.2, 0.25) is 0 Å². The first-order chi connectivity index (χ1) is 9.49. The van der Waals surface area contributed by atoms with Crippen LogP contribution in [0.1, 0.15) is 16.9 Å². The van der Waals surface area contributed by atoms with Crippen molar-refractivity contribution in [1.82, 2.24) is 9.88 Å². The van der Waals surface area contributed by atoms with E-state index in [1.54, 1.807) is 4.90 Å². The highest BCUT2D eigenvalue weighted by molar-refractivity contribution is 6.44. The molecule has 1 aliphatic rings. The molecule has 3 rings (SSSR count). The molecule has 0 aliphatic carbocycles. The highest BCUT2D eigenvalue weighted by Crippen LogP contribution is 2.35. The number of carbonyl (C=O) groups excluding carboxylic acids is 1. The van der Waals surface area contributed by atoms with E-state index in [9.17, 15) is 9.18 Å². The Kier molecular flexibility index (Phi) is 3.36. The number of amides is 1. The molecule has 1 saturated heterocycles. The van der Waals surface area contributed by atoms with Gasteiger partial charge in [0.1, 0.15) is 11.5 Å². The average molecular weight is 316 g/mol. The predicted molar refractivity (Wildman–Crippen MR) is 76.8 cm³/mol. The molecule has 4 nitrogen and oxygen atoms in total. The van der Waals surface area contributed by atoms with E-state index >= 15 is 0 Å². The van der Waals surface area contributed by atoms with Gasteiger partial charge in [0.25, 0.3) is 5.91 Å². The van der Waals surface area contributed by atoms with Gasteiger partial charge in [0.05, 0.1) is 10.0 Å². The summed E-state index contributed by atoms with van der Waals surface area (Å²) in [5, 5.41) is 0.399. The van der Waals surface area contributed by atoms with Crippen LogP contribution in [-0.4, -0.2) is 34.9 Å². The summed E-state index contributed by atoms with van der Waals surface area (Å²) in [5.74, 6) is -0.808. The van der Waals surface area contributed by atoms with E-state index in [1.807, 2.05) is 0 Å². The second-order valence-corrected chi connectivity index (χ2v) is 5.65. The lowest BCUT2D eigenvalue weighted by molar-refractivity contribution is 0.0786. The summed E-state index contributed by atoms with van der Waals surface area (Å²) in [6.45, 7) is 1.08. The lowest BCUT2D eigenvalue weighted by atomic mass is 10.2. The van der Waals surface area contributed by atoms with Crippen LogP contribution in [0.2, 0.25) is 10.0 Å². The molecule has 0 radical (unpaired) electrons. The Balaban J connectivity index is 2.06. The van der Waals surface area contributed by atoms with Gasteiger partial charge in [-0.2, -0.15) is 0 Å². The van der Waals surface area contributed by atoms with Gasteiger partial charge in [-0.25, -0.2) is 4.39 Å². The molecule has 20 heavy (non-hydrogen) atoms. The molecule has 0 bridgehead atoms. The molecule has 7 heteroatoms. The molecule has 1 aromatic heterocycles. The third kappa shape index (κ3) is 2.06. The topological polar surface area (TPSA) is 62.1 Å². The third-order valence-corrected chi connectivity index (χ3v) is 4.27. The number of aromatic nitrogens is 1. The predicted octanol–water partition coefficient (Wildman–Crippen LogP) is 2.79. The van der Waals surface area contributed by atoms with Crippen LogP contribution in [0, 0.1) is 5.82 Å². The molecule has 1 unspecified atom stereocenters. The van der Waals surface area contributed by atoms with Gasteiger partial charge in [0.15, 0.2) is 0 Å². The van der Waals surface area contributed by atoms with E-state index in [0.29, 0.717) is 24.0 Å². The first-order valence-electron chi connectivity index (χ1n) is 6.19. The van der Waals surface area contributed by atoms with Crippen LogP contribution >= 0.6 is 23.2 Å². The Hall–Kier alpha value is -1.30. The lowest BCUT2D eigenvalue weighted by Gasteiger charge is -2.14. The SMILES string of the molecule is NC1CCN(C(=O)c2[nH]c3ccc(F)c(Cl)c3c2Cl)C1. The molecule has 1 atom stereocenters. The Labute approximate surface area is 124 Å². The number of nitrogens with one attached hydrogen (secondary N) is 1. The second kappa shape index (κ2) is 4.91. The van der Waals surface area contributed by atoms with Crippen LogP contribution in [0.4, 0.5) is 4.39 Å². The average Bonchev–Trinajstić information content (AvgIpc) is 2.98. The summed E-state index contributed by atoms with van der Waals surface area (Å²) in [5.41, 5.74) is 6.55. The molecule has 0 saturated carbocycles. The monoisotopic (exact) mass is 315 g/mol. The molecular weight excluding hydrogens is 304 g/mol. The summed E-state index contributed by atoms with van der Waals surface area (Å²) in [7, 11) is 0. The number of halogens is 3. The summed E-state index contributed by atoms with van der Waals surface area (Å²) in [6.07, 6.45) is 0.763. The van der Waals surface area contributed by atoms with Crippen LogP contribution in [0.3, 0.4) is 0 Å².